The lowest BCUT2D eigenvalue weighted by Crippen LogP contribution is -2.65. The van der Waals surface area contributed by atoms with Crippen LogP contribution in [0.15, 0.2) is 0 Å². The minimum atomic E-state index is -7.41. The first-order valence-electron chi connectivity index (χ1n) is 6.22. The Labute approximate surface area is 161 Å². The Balaban J connectivity index is 6.11. The summed E-state index contributed by atoms with van der Waals surface area (Å²) < 4.78 is 177. The molecule has 0 rings (SSSR count). The van der Waals surface area contributed by atoms with Gasteiger partial charge in [0.1, 0.15) is 13.2 Å². The molecule has 0 aromatic heterocycles. The second kappa shape index (κ2) is 8.33. The Morgan fingerprint density at radius 1 is 0.724 bits per heavy atom. The van der Waals surface area contributed by atoms with Crippen LogP contribution in [0.2, 0.25) is 0 Å². The Morgan fingerprint density at radius 3 is 1.52 bits per heavy atom. The van der Waals surface area contributed by atoms with Crippen LogP contribution in [0.25, 0.3) is 0 Å². The van der Waals surface area contributed by atoms with Crippen molar-refractivity contribution in [2.75, 3.05) is 13.2 Å². The summed E-state index contributed by atoms with van der Waals surface area (Å²) in [6.45, 7) is -3.71. The monoisotopic (exact) mass is 502 g/mol. The minimum Gasteiger partial charge on any atom is -0.362 e. The van der Waals surface area contributed by atoms with E-state index < -0.39 is 54.1 Å². The molecule has 0 saturated heterocycles. The van der Waals surface area contributed by atoms with E-state index >= 15 is 0 Å². The normalized spacial score (nSPS) is 18.7. The van der Waals surface area contributed by atoms with E-state index in [4.69, 9.17) is 0 Å². The molecular formula is C11H5Cl2F13O3. The largest absolute Gasteiger partial charge is 0.458 e. The maximum Gasteiger partial charge on any atom is 0.458 e. The fraction of sp³-hybridized carbons (Fsp3) is 0.818. The van der Waals surface area contributed by atoms with Gasteiger partial charge in [0.15, 0.2) is 0 Å². The molecule has 0 saturated carbocycles. The molecule has 2 atom stereocenters. The van der Waals surface area contributed by atoms with Crippen molar-refractivity contribution in [2.24, 2.45) is 0 Å². The van der Waals surface area contributed by atoms with Gasteiger partial charge < -0.3 is 4.74 Å². The molecule has 0 aliphatic heterocycles. The summed E-state index contributed by atoms with van der Waals surface area (Å²) in [7, 11) is 0. The number of alkyl halides is 15. The highest BCUT2D eigenvalue weighted by Crippen LogP contribution is 2.55. The molecule has 0 aliphatic rings. The van der Waals surface area contributed by atoms with Crippen LogP contribution < -0.4 is 0 Å². The molecule has 0 fully saturated rings. The van der Waals surface area contributed by atoms with Gasteiger partial charge in [0.05, 0.1) is 0 Å². The lowest BCUT2D eigenvalue weighted by Gasteiger charge is -2.39. The molecule has 0 heterocycles. The van der Waals surface area contributed by atoms with Gasteiger partial charge in [0.25, 0.3) is 0 Å². The number of rotatable bonds is 10. The average molecular weight is 503 g/mol. The SMILES string of the molecule is C#CCOCC(F)(F)C(F)(F)OC(F)(C(F)(F)F)C(F)(F)OC(F)(Cl)C(F)(F)Cl. The fourth-order valence-electron chi connectivity index (χ4n) is 1.14. The summed E-state index contributed by atoms with van der Waals surface area (Å²) in [6.07, 6.45) is -16.9. The molecule has 172 valence electrons. The van der Waals surface area contributed by atoms with Crippen LogP contribution in [0.3, 0.4) is 0 Å². The van der Waals surface area contributed by atoms with Gasteiger partial charge in [0, 0.05) is 0 Å². The third-order valence-corrected chi connectivity index (χ3v) is 3.14. The number of terminal acetylenes is 1. The van der Waals surface area contributed by atoms with Crippen LogP contribution in [0.4, 0.5) is 57.1 Å². The molecule has 0 aliphatic carbocycles. The maximum absolute atomic E-state index is 13.8. The van der Waals surface area contributed by atoms with Crippen molar-refractivity contribution in [3.05, 3.63) is 0 Å². The van der Waals surface area contributed by atoms with Crippen LogP contribution in [0.5, 0.6) is 0 Å². The van der Waals surface area contributed by atoms with E-state index in [0.717, 1.165) is 0 Å². The summed E-state index contributed by atoms with van der Waals surface area (Å²) >= 11 is 7.81. The molecule has 0 bridgehead atoms. The fourth-order valence-corrected chi connectivity index (χ4v) is 1.28. The van der Waals surface area contributed by atoms with Gasteiger partial charge in [-0.1, -0.05) is 5.92 Å². The van der Waals surface area contributed by atoms with Gasteiger partial charge in [-0.25, -0.2) is 0 Å². The predicted octanol–water partition coefficient (Wildman–Crippen LogP) is 5.41. The third-order valence-electron chi connectivity index (χ3n) is 2.49. The van der Waals surface area contributed by atoms with Gasteiger partial charge in [0.2, 0.25) is 0 Å². The van der Waals surface area contributed by atoms with Crippen LogP contribution in [0.1, 0.15) is 0 Å². The van der Waals surface area contributed by atoms with E-state index in [1.807, 2.05) is 4.74 Å². The molecule has 0 aromatic rings. The lowest BCUT2D eigenvalue weighted by molar-refractivity contribution is -0.532. The van der Waals surface area contributed by atoms with Crippen molar-refractivity contribution in [3.63, 3.8) is 0 Å². The van der Waals surface area contributed by atoms with E-state index in [0.29, 0.717) is 0 Å². The highest BCUT2D eigenvalue weighted by Gasteiger charge is 2.81. The summed E-state index contributed by atoms with van der Waals surface area (Å²) in [5.41, 5.74) is 0. The van der Waals surface area contributed by atoms with E-state index in [1.165, 1.54) is 5.92 Å². The standard InChI is InChI=1S/C11H5Cl2F13O3/c1-2-3-27-4-5(14,15)10(23,24)28-6(16,9(20,21)22)11(25,26)29-8(13,19)7(12,17)18/h1H,3-4H2. The second-order valence-corrected chi connectivity index (χ2v) is 5.71. The van der Waals surface area contributed by atoms with Crippen molar-refractivity contribution in [3.8, 4) is 12.3 Å². The molecule has 0 spiro atoms. The predicted molar refractivity (Wildman–Crippen MR) is 67.0 cm³/mol. The topological polar surface area (TPSA) is 27.7 Å². The quantitative estimate of drug-likeness (QED) is 0.173. The van der Waals surface area contributed by atoms with Crippen molar-refractivity contribution in [1.82, 2.24) is 0 Å². The molecule has 0 N–H and O–H groups in total. The molecular weight excluding hydrogens is 498 g/mol. The number of ether oxygens (including phenoxy) is 3. The molecule has 29 heavy (non-hydrogen) atoms. The lowest BCUT2D eigenvalue weighted by atomic mass is 10.2. The van der Waals surface area contributed by atoms with E-state index in [2.05, 4.69) is 39.1 Å². The summed E-state index contributed by atoms with van der Waals surface area (Å²) in [6, 6.07) is 0. The first-order chi connectivity index (χ1) is 12.5. The van der Waals surface area contributed by atoms with E-state index in [1.54, 1.807) is 0 Å². The van der Waals surface area contributed by atoms with Crippen molar-refractivity contribution in [2.45, 2.75) is 40.9 Å². The molecule has 18 heteroatoms. The molecule has 0 amide bonds. The highest BCUT2D eigenvalue weighted by atomic mass is 35.5. The zero-order valence-electron chi connectivity index (χ0n) is 12.9. The molecule has 0 radical (unpaired) electrons. The summed E-state index contributed by atoms with van der Waals surface area (Å²) in [5, 5.41) is -11.6. The smallest absolute Gasteiger partial charge is 0.362 e. The van der Waals surface area contributed by atoms with E-state index in [9.17, 15) is 57.1 Å². The van der Waals surface area contributed by atoms with Gasteiger partial charge in [-0.15, -0.1) is 6.42 Å². The van der Waals surface area contributed by atoms with Gasteiger partial charge >= 0.3 is 40.9 Å². The zero-order valence-corrected chi connectivity index (χ0v) is 14.4. The molecule has 2 unspecified atom stereocenters. The highest BCUT2D eigenvalue weighted by molar-refractivity contribution is 6.31. The van der Waals surface area contributed by atoms with Crippen molar-refractivity contribution >= 4 is 23.2 Å². The molecule has 3 nitrogen and oxygen atoms in total. The molecule has 0 aromatic carbocycles. The summed E-state index contributed by atoms with van der Waals surface area (Å²) in [4.78, 5) is 0. The number of halogens is 15. The third kappa shape index (κ3) is 6.06. The van der Waals surface area contributed by atoms with Gasteiger partial charge in [-0.3, -0.25) is 9.47 Å². The Bertz CT molecular complexity index is 611. The van der Waals surface area contributed by atoms with Crippen molar-refractivity contribution in [1.29, 1.82) is 0 Å². The maximum atomic E-state index is 13.8. The Hall–Kier alpha value is -0.890. The number of hydrogen-bond acceptors (Lipinski definition) is 3. The van der Waals surface area contributed by atoms with E-state index in [-0.39, 0.29) is 0 Å². The second-order valence-electron chi connectivity index (χ2n) is 4.75. The van der Waals surface area contributed by atoms with Gasteiger partial charge in [-0.2, -0.15) is 57.1 Å². The minimum absolute atomic E-state index is 1.13. The Kier molecular flexibility index (Phi) is 8.07. The number of hydrogen-bond donors (Lipinski definition) is 0. The van der Waals surface area contributed by atoms with Crippen molar-refractivity contribution < 1.29 is 71.3 Å². The van der Waals surface area contributed by atoms with Crippen LogP contribution in [0, 0.1) is 12.3 Å². The first kappa shape index (κ1) is 28.1. The van der Waals surface area contributed by atoms with Crippen LogP contribution in [-0.4, -0.2) is 54.1 Å². The zero-order chi connectivity index (χ0) is 23.7. The van der Waals surface area contributed by atoms with Crippen LogP contribution in [-0.2, 0) is 14.2 Å². The Morgan fingerprint density at radius 2 is 1.17 bits per heavy atom. The summed E-state index contributed by atoms with van der Waals surface area (Å²) in [5.74, 6) is -11.9. The first-order valence-corrected chi connectivity index (χ1v) is 6.98. The van der Waals surface area contributed by atoms with Crippen LogP contribution >= 0.6 is 23.2 Å². The van der Waals surface area contributed by atoms with Gasteiger partial charge in [-0.05, 0) is 23.2 Å². The average Bonchev–Trinajstić information content (AvgIpc) is 2.42.